The monoisotopic (exact) mass is 525 g/mol. The number of carbonyl (C=O) groups is 2. The molecule has 4 aromatic rings. The molecule has 2 aliphatic rings. The van der Waals surface area contributed by atoms with E-state index in [1.807, 2.05) is 61.5 Å². The second-order valence-electron chi connectivity index (χ2n) is 9.86. The van der Waals surface area contributed by atoms with E-state index in [0.717, 1.165) is 34.7 Å². The molecular weight excluding hydrogens is 497 g/mol. The van der Waals surface area contributed by atoms with Crippen molar-refractivity contribution >= 4 is 34.7 Å². The van der Waals surface area contributed by atoms with E-state index in [9.17, 15) is 14.0 Å². The molecule has 1 atom stereocenters. The molecule has 4 heterocycles. The predicted molar refractivity (Wildman–Crippen MR) is 149 cm³/mol. The molecule has 1 saturated heterocycles. The molecule has 10 heteroatoms. The van der Waals surface area contributed by atoms with Crippen molar-refractivity contribution in [3.05, 3.63) is 84.2 Å². The van der Waals surface area contributed by atoms with E-state index in [1.54, 1.807) is 11.6 Å². The molecule has 39 heavy (non-hydrogen) atoms. The SMILES string of the molecule is Cc1cc(-c2ccccc2)c(C(=O)C(=O)Nc2ccc3c(c2)NC[C@H]2CN(c4ncc(F)cn4)CCN32)n1C. The molecule has 2 aromatic heterocycles. The van der Waals surface area contributed by atoms with Gasteiger partial charge in [0, 0.05) is 50.2 Å². The normalized spacial score (nSPS) is 16.2. The Morgan fingerprint density at radius 3 is 2.59 bits per heavy atom. The Labute approximate surface area is 225 Å². The van der Waals surface area contributed by atoms with E-state index < -0.39 is 17.5 Å². The average Bonchev–Trinajstić information content (AvgIpc) is 3.26. The van der Waals surface area contributed by atoms with Gasteiger partial charge in [0.2, 0.25) is 5.95 Å². The number of hydrogen-bond acceptors (Lipinski definition) is 7. The second kappa shape index (κ2) is 9.86. The lowest BCUT2D eigenvalue weighted by molar-refractivity contribution is -0.112. The van der Waals surface area contributed by atoms with Crippen LogP contribution in [0.1, 0.15) is 16.2 Å². The summed E-state index contributed by atoms with van der Waals surface area (Å²) in [5, 5.41) is 6.25. The zero-order valence-electron chi connectivity index (χ0n) is 21.7. The molecule has 0 spiro atoms. The number of aromatic nitrogens is 3. The number of Topliss-reactive ketones (excluding diaryl/α,β-unsaturated/α-hetero) is 1. The van der Waals surface area contributed by atoms with Crippen molar-refractivity contribution in [3.63, 3.8) is 0 Å². The van der Waals surface area contributed by atoms with E-state index in [4.69, 9.17) is 0 Å². The quantitative estimate of drug-likeness (QED) is 0.302. The highest BCUT2D eigenvalue weighted by Crippen LogP contribution is 2.36. The van der Waals surface area contributed by atoms with Gasteiger partial charge in [0.05, 0.1) is 29.8 Å². The fourth-order valence-electron chi connectivity index (χ4n) is 5.37. The van der Waals surface area contributed by atoms with Crippen LogP contribution in [-0.2, 0) is 11.8 Å². The van der Waals surface area contributed by atoms with Crippen LogP contribution in [0.3, 0.4) is 0 Å². The minimum Gasteiger partial charge on any atom is -0.381 e. The Hall–Kier alpha value is -4.73. The topological polar surface area (TPSA) is 95.4 Å². The minimum absolute atomic E-state index is 0.180. The molecule has 2 N–H and O–H groups in total. The van der Waals surface area contributed by atoms with E-state index in [-0.39, 0.29) is 6.04 Å². The van der Waals surface area contributed by atoms with Crippen LogP contribution < -0.4 is 20.4 Å². The highest BCUT2D eigenvalue weighted by molar-refractivity contribution is 6.47. The molecule has 198 valence electrons. The van der Waals surface area contributed by atoms with Gasteiger partial charge in [0.15, 0.2) is 5.82 Å². The van der Waals surface area contributed by atoms with Gasteiger partial charge >= 0.3 is 0 Å². The maximum atomic E-state index is 13.3. The molecule has 2 aliphatic heterocycles. The third-order valence-electron chi connectivity index (χ3n) is 7.44. The van der Waals surface area contributed by atoms with Crippen molar-refractivity contribution in [2.45, 2.75) is 13.0 Å². The number of benzene rings is 2. The van der Waals surface area contributed by atoms with Crippen molar-refractivity contribution in [2.75, 3.05) is 46.6 Å². The first kappa shape index (κ1) is 24.6. The standard InChI is InChI=1S/C29H28FN7O2/c1-18-12-23(19-6-4-3-5-7-19)26(35(18)2)27(38)28(39)34-21-8-9-25-24(13-21)31-16-22-17-36(10-11-37(22)25)29-32-14-20(30)15-33-29/h3-9,12-15,22,31H,10-11,16-17H2,1-2H3,(H,34,39)/t22-/m0/s1. The summed E-state index contributed by atoms with van der Waals surface area (Å²) in [5.74, 6) is -1.21. The van der Waals surface area contributed by atoms with Crippen molar-refractivity contribution < 1.29 is 14.0 Å². The molecule has 6 rings (SSSR count). The number of anilines is 4. The van der Waals surface area contributed by atoms with Crippen LogP contribution in [0, 0.1) is 12.7 Å². The third-order valence-corrected chi connectivity index (χ3v) is 7.44. The zero-order chi connectivity index (χ0) is 27.1. The van der Waals surface area contributed by atoms with Gasteiger partial charge in [-0.15, -0.1) is 0 Å². The Bertz CT molecular complexity index is 1550. The number of aryl methyl sites for hydroxylation is 1. The highest BCUT2D eigenvalue weighted by atomic mass is 19.1. The Morgan fingerprint density at radius 1 is 1.05 bits per heavy atom. The molecule has 0 bridgehead atoms. The number of halogens is 1. The number of fused-ring (bicyclic) bond motifs is 3. The maximum absolute atomic E-state index is 13.3. The molecule has 9 nitrogen and oxygen atoms in total. The molecule has 1 fully saturated rings. The number of nitrogens with one attached hydrogen (secondary N) is 2. The molecule has 2 aromatic carbocycles. The van der Waals surface area contributed by atoms with Gasteiger partial charge in [0.1, 0.15) is 5.69 Å². The van der Waals surface area contributed by atoms with Crippen molar-refractivity contribution in [1.29, 1.82) is 0 Å². The second-order valence-corrected chi connectivity index (χ2v) is 9.86. The number of nitrogens with zero attached hydrogens (tertiary/aromatic N) is 5. The fraction of sp³-hybridized carbons (Fsp3) is 0.241. The Balaban J connectivity index is 1.18. The average molecular weight is 526 g/mol. The lowest BCUT2D eigenvalue weighted by Gasteiger charge is -2.46. The summed E-state index contributed by atoms with van der Waals surface area (Å²) in [7, 11) is 1.80. The predicted octanol–water partition coefficient (Wildman–Crippen LogP) is 3.87. The van der Waals surface area contributed by atoms with Crippen LogP contribution in [0.15, 0.2) is 67.0 Å². The van der Waals surface area contributed by atoms with E-state index in [2.05, 4.69) is 30.4 Å². The van der Waals surface area contributed by atoms with Crippen LogP contribution in [-0.4, -0.2) is 58.4 Å². The van der Waals surface area contributed by atoms with Crippen molar-refractivity contribution in [1.82, 2.24) is 14.5 Å². The summed E-state index contributed by atoms with van der Waals surface area (Å²) in [4.78, 5) is 39.0. The molecular formula is C29H28FN7O2. The summed E-state index contributed by atoms with van der Waals surface area (Å²) in [6.07, 6.45) is 2.37. The first-order chi connectivity index (χ1) is 18.9. The number of amides is 1. The molecule has 0 aliphatic carbocycles. The number of ketones is 1. The minimum atomic E-state index is -0.685. The van der Waals surface area contributed by atoms with Gasteiger partial charge in [0.25, 0.3) is 11.7 Å². The summed E-state index contributed by atoms with van der Waals surface area (Å²) in [6.45, 7) is 4.75. The van der Waals surface area contributed by atoms with Gasteiger partial charge in [-0.2, -0.15) is 0 Å². The van der Waals surface area contributed by atoms with E-state index in [1.165, 1.54) is 12.4 Å². The van der Waals surface area contributed by atoms with Gasteiger partial charge < -0.3 is 25.0 Å². The number of rotatable bonds is 5. The number of piperazine rings is 1. The lowest BCUT2D eigenvalue weighted by atomic mass is 10.0. The molecule has 0 saturated carbocycles. The van der Waals surface area contributed by atoms with Crippen LogP contribution in [0.25, 0.3) is 11.1 Å². The largest absolute Gasteiger partial charge is 0.381 e. The highest BCUT2D eigenvalue weighted by Gasteiger charge is 2.33. The van der Waals surface area contributed by atoms with Crippen molar-refractivity contribution in [2.24, 2.45) is 7.05 Å². The first-order valence-electron chi connectivity index (χ1n) is 12.8. The third kappa shape index (κ3) is 4.58. The van der Waals surface area contributed by atoms with Crippen molar-refractivity contribution in [3.8, 4) is 11.1 Å². The number of carbonyl (C=O) groups excluding carboxylic acids is 2. The van der Waals surface area contributed by atoms with Gasteiger partial charge in [-0.1, -0.05) is 30.3 Å². The first-order valence-corrected chi connectivity index (χ1v) is 12.8. The maximum Gasteiger partial charge on any atom is 0.298 e. The summed E-state index contributed by atoms with van der Waals surface area (Å²) < 4.78 is 15.0. The molecule has 1 amide bonds. The number of hydrogen-bond donors (Lipinski definition) is 2. The van der Waals surface area contributed by atoms with Gasteiger partial charge in [-0.05, 0) is 36.8 Å². The van der Waals surface area contributed by atoms with Gasteiger partial charge in [-0.3, -0.25) is 9.59 Å². The molecule has 0 unspecified atom stereocenters. The van der Waals surface area contributed by atoms with E-state index in [0.29, 0.717) is 37.0 Å². The van der Waals surface area contributed by atoms with Crippen LogP contribution in [0.5, 0.6) is 0 Å². The summed E-state index contributed by atoms with van der Waals surface area (Å²) in [5.41, 5.74) is 5.34. The van der Waals surface area contributed by atoms with Crippen LogP contribution >= 0.6 is 0 Å². The molecule has 0 radical (unpaired) electrons. The van der Waals surface area contributed by atoms with Crippen LogP contribution in [0.2, 0.25) is 0 Å². The zero-order valence-corrected chi connectivity index (χ0v) is 21.7. The smallest absolute Gasteiger partial charge is 0.298 e. The fourth-order valence-corrected chi connectivity index (χ4v) is 5.37. The Kier molecular flexibility index (Phi) is 6.22. The van der Waals surface area contributed by atoms with Crippen LogP contribution in [0.4, 0.5) is 27.4 Å². The Morgan fingerprint density at radius 2 is 1.82 bits per heavy atom. The van der Waals surface area contributed by atoms with Gasteiger partial charge in [-0.25, -0.2) is 14.4 Å². The lowest BCUT2D eigenvalue weighted by Crippen LogP contribution is -2.58. The summed E-state index contributed by atoms with van der Waals surface area (Å²) in [6, 6.07) is 17.3. The van der Waals surface area contributed by atoms with E-state index >= 15 is 0 Å². The summed E-state index contributed by atoms with van der Waals surface area (Å²) >= 11 is 0.